The molecule has 0 spiro atoms. The number of benzene rings is 1. The van der Waals surface area contributed by atoms with E-state index < -0.39 is 34.0 Å². The Bertz CT molecular complexity index is 1130. The highest BCUT2D eigenvalue weighted by atomic mass is 35.5. The molecule has 1 unspecified atom stereocenters. The van der Waals surface area contributed by atoms with Gasteiger partial charge in [-0.3, -0.25) is 9.59 Å². The zero-order valence-corrected chi connectivity index (χ0v) is 17.2. The second-order valence-electron chi connectivity index (χ2n) is 5.74. The molecule has 2 N–H and O–H groups in total. The number of Topliss-reactive ketones (excluding diaryl/α,β-unsaturated/α-hetero) is 1. The van der Waals surface area contributed by atoms with E-state index in [1.54, 1.807) is 24.3 Å². The molecule has 0 aliphatic heterocycles. The summed E-state index contributed by atoms with van der Waals surface area (Å²) in [6, 6.07) is 9.62. The first-order valence-corrected chi connectivity index (χ1v) is 9.65. The molecule has 1 atom stereocenters. The zero-order valence-electron chi connectivity index (χ0n) is 15.7. The fourth-order valence-corrected chi connectivity index (χ4v) is 3.78. The molecule has 1 aromatic heterocycles. The largest absolute Gasteiger partial charge is 0.465 e. The molecule has 0 bridgehead atoms. The first kappa shape index (κ1) is 24.0. The number of ether oxygens (including phenoxy) is 1. The van der Waals surface area contributed by atoms with Crippen LogP contribution in [0, 0.1) is 22.7 Å². The van der Waals surface area contributed by atoms with Gasteiger partial charge in [-0.25, -0.2) is 4.98 Å². The van der Waals surface area contributed by atoms with Crippen LogP contribution in [0.1, 0.15) is 18.1 Å². The van der Waals surface area contributed by atoms with Gasteiger partial charge in [0.2, 0.25) is 0 Å². The summed E-state index contributed by atoms with van der Waals surface area (Å²) in [4.78, 5) is 27.7. The summed E-state index contributed by atoms with van der Waals surface area (Å²) >= 11 is 6.23. The van der Waals surface area contributed by atoms with Crippen molar-refractivity contribution < 1.29 is 27.5 Å². The number of anilines is 1. The van der Waals surface area contributed by atoms with Gasteiger partial charge in [-0.1, -0.05) is 41.6 Å². The monoisotopic (exact) mass is 468 g/mol. The summed E-state index contributed by atoms with van der Waals surface area (Å²) in [6.07, 6.45) is -5.35. The van der Waals surface area contributed by atoms with E-state index >= 15 is 0 Å². The fraction of sp³-hybridized carbons (Fsp3) is 0.211. The highest BCUT2D eigenvalue weighted by Gasteiger charge is 2.48. The topological polar surface area (TPSA) is 130 Å². The van der Waals surface area contributed by atoms with E-state index in [0.717, 1.165) is 0 Å². The molecule has 2 aromatic rings. The van der Waals surface area contributed by atoms with Gasteiger partial charge in [0, 0.05) is 16.1 Å². The lowest BCUT2D eigenvalue weighted by Gasteiger charge is -2.18. The van der Waals surface area contributed by atoms with Crippen LogP contribution < -0.4 is 5.73 Å². The molecule has 1 aromatic carbocycles. The molecule has 12 heteroatoms. The Morgan fingerprint density at radius 3 is 2.39 bits per heavy atom. The SMILES string of the molecule is CCOC(=O)C(Sc1nc(N)c(C#N)c(-c2ccccc2Cl)c1C#N)C(=O)C(F)(F)F. The second kappa shape index (κ2) is 9.69. The van der Waals surface area contributed by atoms with Gasteiger partial charge >= 0.3 is 12.1 Å². The van der Waals surface area contributed by atoms with Crippen molar-refractivity contribution in [1.82, 2.24) is 4.98 Å². The van der Waals surface area contributed by atoms with Crippen LogP contribution in [0.5, 0.6) is 0 Å². The number of carbonyl (C=O) groups is 2. The van der Waals surface area contributed by atoms with Crippen LogP contribution in [-0.2, 0) is 14.3 Å². The standard InChI is InChI=1S/C19H12ClF3N4O3S/c1-2-30-18(29)14(15(28)19(21,22)23)31-17-11(8-25)13(10(7-24)16(26)27-17)9-5-3-4-6-12(9)20/h3-6,14H,2H2,1H3,(H2,26,27). The number of alkyl halides is 3. The number of halogens is 4. The number of pyridine rings is 1. The van der Waals surface area contributed by atoms with E-state index in [1.807, 2.05) is 0 Å². The van der Waals surface area contributed by atoms with Gasteiger partial charge in [0.1, 0.15) is 28.5 Å². The highest BCUT2D eigenvalue weighted by molar-refractivity contribution is 8.01. The highest BCUT2D eigenvalue weighted by Crippen LogP contribution is 2.40. The molecule has 0 saturated carbocycles. The molecule has 0 fully saturated rings. The number of nitrogens with zero attached hydrogens (tertiary/aromatic N) is 3. The minimum Gasteiger partial charge on any atom is -0.465 e. The molecule has 0 aliphatic carbocycles. The molecule has 160 valence electrons. The molecular weight excluding hydrogens is 457 g/mol. The van der Waals surface area contributed by atoms with Gasteiger partial charge in [-0.05, 0) is 13.0 Å². The maximum absolute atomic E-state index is 13.0. The van der Waals surface area contributed by atoms with E-state index in [4.69, 9.17) is 17.3 Å². The number of nitrogen functional groups attached to an aromatic ring is 1. The van der Waals surface area contributed by atoms with E-state index in [0.29, 0.717) is 0 Å². The second-order valence-corrected chi connectivity index (χ2v) is 7.24. The molecule has 2 rings (SSSR count). The third kappa shape index (κ3) is 5.08. The lowest BCUT2D eigenvalue weighted by Crippen LogP contribution is -2.38. The van der Waals surface area contributed by atoms with Gasteiger partial charge in [0.05, 0.1) is 12.2 Å². The van der Waals surface area contributed by atoms with Crippen molar-refractivity contribution in [1.29, 1.82) is 10.5 Å². The lowest BCUT2D eigenvalue weighted by atomic mass is 9.97. The molecule has 0 amide bonds. The number of hydrogen-bond donors (Lipinski definition) is 1. The van der Waals surface area contributed by atoms with E-state index in [2.05, 4.69) is 9.72 Å². The number of esters is 1. The van der Waals surface area contributed by atoms with E-state index in [1.165, 1.54) is 19.1 Å². The van der Waals surface area contributed by atoms with Gasteiger partial charge in [0.15, 0.2) is 5.25 Å². The zero-order chi connectivity index (χ0) is 23.3. The average Bonchev–Trinajstić information content (AvgIpc) is 2.70. The predicted octanol–water partition coefficient (Wildman–Crippen LogP) is 3.88. The van der Waals surface area contributed by atoms with Crippen molar-refractivity contribution in [2.24, 2.45) is 0 Å². The maximum Gasteiger partial charge on any atom is 0.451 e. The summed E-state index contributed by atoms with van der Waals surface area (Å²) in [5.74, 6) is -4.26. The minimum absolute atomic E-state index is 0.0608. The number of nitriles is 2. The quantitative estimate of drug-likeness (QED) is 0.384. The Balaban J connectivity index is 2.75. The number of hydrogen-bond acceptors (Lipinski definition) is 8. The summed E-state index contributed by atoms with van der Waals surface area (Å²) in [5, 5.41) is 16.5. The molecule has 0 aliphatic rings. The first-order valence-electron chi connectivity index (χ1n) is 8.39. The summed E-state index contributed by atoms with van der Waals surface area (Å²) in [5.41, 5.74) is 5.31. The van der Waals surface area contributed by atoms with Crippen molar-refractivity contribution in [2.45, 2.75) is 23.4 Å². The molecule has 7 nitrogen and oxygen atoms in total. The van der Waals surface area contributed by atoms with Crippen LogP contribution in [0.3, 0.4) is 0 Å². The van der Waals surface area contributed by atoms with Crippen molar-refractivity contribution in [2.75, 3.05) is 12.3 Å². The molecule has 0 saturated heterocycles. The lowest BCUT2D eigenvalue weighted by molar-refractivity contribution is -0.173. The van der Waals surface area contributed by atoms with Crippen LogP contribution in [0.4, 0.5) is 19.0 Å². The smallest absolute Gasteiger partial charge is 0.451 e. The summed E-state index contributed by atoms with van der Waals surface area (Å²) in [7, 11) is 0. The normalized spacial score (nSPS) is 11.8. The van der Waals surface area contributed by atoms with Crippen molar-refractivity contribution >= 4 is 40.9 Å². The minimum atomic E-state index is -5.35. The van der Waals surface area contributed by atoms with Gasteiger partial charge in [-0.15, -0.1) is 0 Å². The van der Waals surface area contributed by atoms with E-state index in [9.17, 15) is 33.3 Å². The van der Waals surface area contributed by atoms with Gasteiger partial charge in [0.25, 0.3) is 5.78 Å². The first-order chi connectivity index (χ1) is 14.6. The average molecular weight is 469 g/mol. The Labute approximate surface area is 183 Å². The third-order valence-corrected chi connectivity index (χ3v) is 5.30. The van der Waals surface area contributed by atoms with Crippen LogP contribution in [0.25, 0.3) is 11.1 Å². The number of nitrogens with two attached hydrogens (primary N) is 1. The van der Waals surface area contributed by atoms with Crippen LogP contribution in [-0.4, -0.2) is 34.8 Å². The molecular formula is C19H12ClF3N4O3S. The molecule has 31 heavy (non-hydrogen) atoms. The van der Waals surface area contributed by atoms with Crippen molar-refractivity contribution in [3.05, 3.63) is 40.4 Å². The number of thioether (sulfide) groups is 1. The number of carbonyl (C=O) groups excluding carboxylic acids is 2. The van der Waals surface area contributed by atoms with Gasteiger partial charge < -0.3 is 10.5 Å². The summed E-state index contributed by atoms with van der Waals surface area (Å²) in [6.45, 7) is 1.08. The van der Waals surface area contributed by atoms with Crippen LogP contribution in [0.2, 0.25) is 5.02 Å². The Morgan fingerprint density at radius 2 is 1.87 bits per heavy atom. The Hall–Kier alpha value is -3.28. The predicted molar refractivity (Wildman–Crippen MR) is 106 cm³/mol. The maximum atomic E-state index is 13.0. The number of aromatic nitrogens is 1. The summed E-state index contributed by atoms with van der Waals surface area (Å²) < 4.78 is 43.7. The van der Waals surface area contributed by atoms with Gasteiger partial charge in [-0.2, -0.15) is 23.7 Å². The number of rotatable bonds is 6. The van der Waals surface area contributed by atoms with Crippen molar-refractivity contribution in [3.8, 4) is 23.3 Å². The molecule has 1 heterocycles. The number of ketones is 1. The Kier molecular flexibility index (Phi) is 7.50. The Morgan fingerprint density at radius 1 is 1.26 bits per heavy atom. The van der Waals surface area contributed by atoms with Crippen LogP contribution in [0.15, 0.2) is 29.3 Å². The fourth-order valence-electron chi connectivity index (χ4n) is 2.50. The van der Waals surface area contributed by atoms with E-state index in [-0.39, 0.29) is 45.6 Å². The third-order valence-electron chi connectivity index (χ3n) is 3.81. The molecule has 0 radical (unpaired) electrons. The van der Waals surface area contributed by atoms with Crippen LogP contribution >= 0.6 is 23.4 Å². The van der Waals surface area contributed by atoms with Crippen molar-refractivity contribution in [3.63, 3.8) is 0 Å².